The van der Waals surface area contributed by atoms with Crippen LogP contribution in [0.15, 0.2) is 41.4 Å². The molecule has 1 aromatic carbocycles. The molecule has 104 valence electrons. The summed E-state index contributed by atoms with van der Waals surface area (Å²) in [6.07, 6.45) is 1.81. The number of amides is 1. The molecular weight excluding hydrogens is 299 g/mol. The van der Waals surface area contributed by atoms with Crippen LogP contribution < -0.4 is 5.32 Å². The molecule has 0 aliphatic rings. The van der Waals surface area contributed by atoms with E-state index in [1.807, 2.05) is 6.26 Å². The second-order valence-electron chi connectivity index (χ2n) is 3.96. The number of halogens is 2. The number of hydrogen-bond acceptors (Lipinski definition) is 3. The maximum atomic E-state index is 13.5. The Labute approximate surface area is 125 Å². The van der Waals surface area contributed by atoms with Crippen molar-refractivity contribution in [3.8, 4) is 0 Å². The average molecular weight is 311 g/mol. The van der Waals surface area contributed by atoms with Gasteiger partial charge in [0.25, 0.3) is 5.91 Å². The number of nitrogens with zero attached hydrogens (tertiary/aromatic N) is 1. The summed E-state index contributed by atoms with van der Waals surface area (Å²) in [4.78, 5) is 16.2. The van der Waals surface area contributed by atoms with Gasteiger partial charge < -0.3 is 5.32 Å². The zero-order valence-corrected chi connectivity index (χ0v) is 12.3. The fourth-order valence-corrected chi connectivity index (χ4v) is 2.43. The smallest absolute Gasteiger partial charge is 0.254 e. The first kappa shape index (κ1) is 14.8. The monoisotopic (exact) mass is 310 g/mol. The van der Waals surface area contributed by atoms with Crippen molar-refractivity contribution in [2.24, 2.45) is 0 Å². The SMILES string of the molecule is CSc1nc(Cl)ccc1C(=O)NCc1ccccc1F. The summed E-state index contributed by atoms with van der Waals surface area (Å²) in [5.41, 5.74) is 0.867. The van der Waals surface area contributed by atoms with Gasteiger partial charge in [-0.15, -0.1) is 11.8 Å². The highest BCUT2D eigenvalue weighted by molar-refractivity contribution is 7.98. The van der Waals surface area contributed by atoms with E-state index in [2.05, 4.69) is 10.3 Å². The highest BCUT2D eigenvalue weighted by Gasteiger charge is 2.13. The van der Waals surface area contributed by atoms with E-state index < -0.39 is 0 Å². The molecular formula is C14H12ClFN2OS. The molecule has 0 atom stereocenters. The molecule has 20 heavy (non-hydrogen) atoms. The summed E-state index contributed by atoms with van der Waals surface area (Å²) in [5, 5.41) is 3.55. The van der Waals surface area contributed by atoms with E-state index in [1.165, 1.54) is 17.8 Å². The van der Waals surface area contributed by atoms with Gasteiger partial charge in [-0.1, -0.05) is 29.8 Å². The van der Waals surface area contributed by atoms with E-state index in [-0.39, 0.29) is 18.3 Å². The summed E-state index contributed by atoms with van der Waals surface area (Å²) >= 11 is 7.12. The molecule has 0 spiro atoms. The van der Waals surface area contributed by atoms with Crippen LogP contribution in [-0.2, 0) is 6.54 Å². The summed E-state index contributed by atoms with van der Waals surface area (Å²) in [6, 6.07) is 9.48. The third kappa shape index (κ3) is 3.49. The van der Waals surface area contributed by atoms with Crippen molar-refractivity contribution in [1.29, 1.82) is 0 Å². The van der Waals surface area contributed by atoms with Gasteiger partial charge in [-0.2, -0.15) is 0 Å². The Morgan fingerprint density at radius 2 is 2.10 bits per heavy atom. The molecule has 1 aromatic heterocycles. The minimum atomic E-state index is -0.341. The standard InChI is InChI=1S/C14H12ClFN2OS/c1-20-14-10(6-7-12(15)18-14)13(19)17-8-9-4-2-3-5-11(9)16/h2-7H,8H2,1H3,(H,17,19). The second-order valence-corrected chi connectivity index (χ2v) is 5.15. The predicted molar refractivity (Wildman–Crippen MR) is 78.6 cm³/mol. The molecule has 0 aliphatic heterocycles. The van der Waals surface area contributed by atoms with E-state index in [0.717, 1.165) is 0 Å². The molecule has 2 rings (SSSR count). The number of benzene rings is 1. The van der Waals surface area contributed by atoms with Gasteiger partial charge in [0.2, 0.25) is 0 Å². The van der Waals surface area contributed by atoms with E-state index in [9.17, 15) is 9.18 Å². The molecule has 0 aliphatic carbocycles. The van der Waals surface area contributed by atoms with Crippen LogP contribution in [0.5, 0.6) is 0 Å². The van der Waals surface area contributed by atoms with Crippen LogP contribution in [0.1, 0.15) is 15.9 Å². The van der Waals surface area contributed by atoms with Crippen molar-refractivity contribution in [1.82, 2.24) is 10.3 Å². The Hall–Kier alpha value is -1.59. The molecule has 0 unspecified atom stereocenters. The van der Waals surface area contributed by atoms with Crippen molar-refractivity contribution in [2.45, 2.75) is 11.6 Å². The molecule has 1 N–H and O–H groups in total. The van der Waals surface area contributed by atoms with Gasteiger partial charge in [-0.05, 0) is 24.5 Å². The number of rotatable bonds is 4. The third-order valence-corrected chi connectivity index (χ3v) is 3.57. The van der Waals surface area contributed by atoms with Gasteiger partial charge in [0, 0.05) is 12.1 Å². The van der Waals surface area contributed by atoms with Gasteiger partial charge in [-0.3, -0.25) is 4.79 Å². The lowest BCUT2D eigenvalue weighted by Crippen LogP contribution is -2.24. The first-order valence-electron chi connectivity index (χ1n) is 5.84. The number of pyridine rings is 1. The number of carbonyl (C=O) groups is 1. The highest BCUT2D eigenvalue weighted by atomic mass is 35.5. The van der Waals surface area contributed by atoms with Gasteiger partial charge in [0.05, 0.1) is 5.56 Å². The largest absolute Gasteiger partial charge is 0.348 e. The molecule has 1 heterocycles. The number of nitrogens with one attached hydrogen (secondary N) is 1. The third-order valence-electron chi connectivity index (χ3n) is 2.66. The van der Waals surface area contributed by atoms with Crippen LogP contribution in [0.25, 0.3) is 0 Å². The first-order chi connectivity index (χ1) is 9.61. The Morgan fingerprint density at radius 3 is 2.80 bits per heavy atom. The van der Waals surface area contributed by atoms with E-state index in [4.69, 9.17) is 11.6 Å². The summed E-state index contributed by atoms with van der Waals surface area (Å²) in [6.45, 7) is 0.127. The van der Waals surface area contributed by atoms with Crippen molar-refractivity contribution in [3.63, 3.8) is 0 Å². The normalized spacial score (nSPS) is 10.3. The van der Waals surface area contributed by atoms with E-state index in [1.54, 1.807) is 30.3 Å². The lowest BCUT2D eigenvalue weighted by molar-refractivity contribution is 0.0947. The summed E-state index contributed by atoms with van der Waals surface area (Å²) < 4.78 is 13.5. The van der Waals surface area contributed by atoms with Gasteiger partial charge in [-0.25, -0.2) is 9.37 Å². The van der Waals surface area contributed by atoms with Gasteiger partial charge in [0.1, 0.15) is 16.0 Å². The summed E-state index contributed by atoms with van der Waals surface area (Å²) in [7, 11) is 0. The van der Waals surface area contributed by atoms with Crippen LogP contribution in [0.3, 0.4) is 0 Å². The van der Waals surface area contributed by atoms with Crippen molar-refractivity contribution in [2.75, 3.05) is 6.26 Å². The fraction of sp³-hybridized carbons (Fsp3) is 0.143. The molecule has 3 nitrogen and oxygen atoms in total. The predicted octanol–water partition coefficient (Wildman–Crippen LogP) is 3.53. The van der Waals surface area contributed by atoms with E-state index in [0.29, 0.717) is 21.3 Å². The Kier molecular flexibility index (Phi) is 4.98. The minimum Gasteiger partial charge on any atom is -0.348 e. The number of thioether (sulfide) groups is 1. The Bertz CT molecular complexity index is 636. The average Bonchev–Trinajstić information content (AvgIpc) is 2.46. The highest BCUT2D eigenvalue weighted by Crippen LogP contribution is 2.20. The number of aromatic nitrogens is 1. The topological polar surface area (TPSA) is 42.0 Å². The Morgan fingerprint density at radius 1 is 1.35 bits per heavy atom. The molecule has 0 radical (unpaired) electrons. The Balaban J connectivity index is 2.11. The zero-order chi connectivity index (χ0) is 14.5. The van der Waals surface area contributed by atoms with Crippen molar-refractivity contribution >= 4 is 29.3 Å². The molecule has 0 saturated carbocycles. The summed E-state index contributed by atoms with van der Waals surface area (Å²) in [5.74, 6) is -0.645. The molecule has 0 fully saturated rings. The van der Waals surface area contributed by atoms with Gasteiger partial charge >= 0.3 is 0 Å². The van der Waals surface area contributed by atoms with Crippen LogP contribution in [0.4, 0.5) is 4.39 Å². The number of carbonyl (C=O) groups excluding carboxylic acids is 1. The van der Waals surface area contributed by atoms with Crippen LogP contribution >= 0.6 is 23.4 Å². The fourth-order valence-electron chi connectivity index (χ4n) is 1.66. The maximum Gasteiger partial charge on any atom is 0.254 e. The van der Waals surface area contributed by atoms with Crippen molar-refractivity contribution < 1.29 is 9.18 Å². The first-order valence-corrected chi connectivity index (χ1v) is 7.44. The molecule has 1 amide bonds. The lowest BCUT2D eigenvalue weighted by Gasteiger charge is -2.09. The lowest BCUT2D eigenvalue weighted by atomic mass is 10.2. The maximum absolute atomic E-state index is 13.5. The molecule has 6 heteroatoms. The zero-order valence-electron chi connectivity index (χ0n) is 10.7. The van der Waals surface area contributed by atoms with Crippen LogP contribution in [0, 0.1) is 5.82 Å². The number of hydrogen-bond donors (Lipinski definition) is 1. The molecule has 2 aromatic rings. The molecule has 0 saturated heterocycles. The second kappa shape index (κ2) is 6.72. The van der Waals surface area contributed by atoms with E-state index >= 15 is 0 Å². The van der Waals surface area contributed by atoms with Crippen molar-refractivity contribution in [3.05, 3.63) is 58.5 Å². The molecule has 0 bridgehead atoms. The van der Waals surface area contributed by atoms with Crippen LogP contribution in [-0.4, -0.2) is 17.1 Å². The minimum absolute atomic E-state index is 0.127. The van der Waals surface area contributed by atoms with Crippen LogP contribution in [0.2, 0.25) is 5.15 Å². The van der Waals surface area contributed by atoms with Gasteiger partial charge in [0.15, 0.2) is 0 Å². The quantitative estimate of drug-likeness (QED) is 0.694.